The van der Waals surface area contributed by atoms with Gasteiger partial charge in [0.05, 0.1) is 11.1 Å². The van der Waals surface area contributed by atoms with Crippen molar-refractivity contribution >= 4 is 28.9 Å². The fourth-order valence-electron chi connectivity index (χ4n) is 4.71. The number of amides is 1. The molecule has 3 heterocycles. The molecule has 10 heteroatoms. The lowest BCUT2D eigenvalue weighted by atomic mass is 9.91. The molecule has 0 aliphatic carbocycles. The maximum atomic E-state index is 12.6. The van der Waals surface area contributed by atoms with Crippen LogP contribution in [0.2, 0.25) is 0 Å². The van der Waals surface area contributed by atoms with E-state index in [1.165, 1.54) is 0 Å². The summed E-state index contributed by atoms with van der Waals surface area (Å²) in [7, 11) is 0. The van der Waals surface area contributed by atoms with Gasteiger partial charge in [-0.3, -0.25) is 20.0 Å². The first-order valence-corrected chi connectivity index (χ1v) is 14.3. The second-order valence-corrected chi connectivity index (χ2v) is 11.3. The third-order valence-electron chi connectivity index (χ3n) is 6.64. The van der Waals surface area contributed by atoms with E-state index < -0.39 is 5.60 Å². The Labute approximate surface area is 240 Å². The average Bonchev–Trinajstić information content (AvgIpc) is 3.54. The molecule has 0 fully saturated rings. The van der Waals surface area contributed by atoms with E-state index in [2.05, 4.69) is 37.4 Å². The van der Waals surface area contributed by atoms with Crippen LogP contribution in [0.25, 0.3) is 11.0 Å². The molecule has 0 saturated heterocycles. The van der Waals surface area contributed by atoms with Gasteiger partial charge in [-0.1, -0.05) is 26.2 Å². The number of benzene rings is 1. The average molecular weight is 561 g/mol. The first kappa shape index (κ1) is 29.8. The predicted molar refractivity (Wildman–Crippen MR) is 158 cm³/mol. The van der Waals surface area contributed by atoms with E-state index in [1.807, 2.05) is 33.8 Å². The van der Waals surface area contributed by atoms with Crippen molar-refractivity contribution in [2.24, 2.45) is 0 Å². The molecule has 4 rings (SSSR count). The number of aromatic amines is 2. The maximum absolute atomic E-state index is 12.6. The lowest BCUT2D eigenvalue weighted by molar-refractivity contribution is -0.154. The highest BCUT2D eigenvalue weighted by atomic mass is 16.6. The Balaban J connectivity index is 1.46. The van der Waals surface area contributed by atoms with E-state index in [4.69, 9.17) is 9.47 Å². The Hall–Kier alpha value is -4.21. The van der Waals surface area contributed by atoms with Crippen LogP contribution in [-0.2, 0) is 9.53 Å². The molecule has 1 unspecified atom stereocenters. The second-order valence-electron chi connectivity index (χ2n) is 11.3. The first-order chi connectivity index (χ1) is 19.6. The Bertz CT molecular complexity index is 1450. The lowest BCUT2D eigenvalue weighted by Crippen LogP contribution is -2.23. The van der Waals surface area contributed by atoms with Crippen molar-refractivity contribution in [3.63, 3.8) is 0 Å². The minimum Gasteiger partial charge on any atom is -0.460 e. The summed E-state index contributed by atoms with van der Waals surface area (Å²) >= 11 is 0. The molecule has 1 atom stereocenters. The van der Waals surface area contributed by atoms with Gasteiger partial charge in [0.1, 0.15) is 17.1 Å². The zero-order valence-electron chi connectivity index (χ0n) is 24.5. The summed E-state index contributed by atoms with van der Waals surface area (Å²) in [6, 6.07) is 8.79. The monoisotopic (exact) mass is 560 g/mol. The van der Waals surface area contributed by atoms with Gasteiger partial charge in [0.25, 0.3) is 5.91 Å². The number of imidazole rings is 1. The van der Waals surface area contributed by atoms with Crippen LogP contribution in [0.1, 0.15) is 100 Å². The Morgan fingerprint density at radius 3 is 2.46 bits per heavy atom. The number of ether oxygens (including phenoxy) is 2. The number of rotatable bonds is 13. The van der Waals surface area contributed by atoms with Crippen LogP contribution in [0.4, 0.5) is 5.95 Å². The van der Waals surface area contributed by atoms with Gasteiger partial charge in [0, 0.05) is 36.0 Å². The number of aryl methyl sites for hydroxylation is 1. The topological polar surface area (TPSA) is 135 Å². The minimum atomic E-state index is -0.467. The number of nitrogens with zero attached hydrogens (tertiary/aromatic N) is 3. The van der Waals surface area contributed by atoms with Crippen LogP contribution in [0.5, 0.6) is 11.5 Å². The molecule has 0 radical (unpaired) electrons. The molecule has 0 aliphatic heterocycles. The molecule has 1 aromatic carbocycles. The van der Waals surface area contributed by atoms with Crippen LogP contribution < -0.4 is 10.1 Å². The number of hydrogen-bond donors (Lipinski definition) is 3. The number of hydrogen-bond acceptors (Lipinski definition) is 7. The molecule has 0 spiro atoms. The molecule has 41 heavy (non-hydrogen) atoms. The number of fused-ring (bicyclic) bond motifs is 1. The third-order valence-corrected chi connectivity index (χ3v) is 6.64. The number of unbranched alkanes of at least 4 members (excludes halogenated alkanes) is 2. The summed E-state index contributed by atoms with van der Waals surface area (Å²) in [6.07, 6.45) is 9.47. The molecule has 3 aromatic heterocycles. The van der Waals surface area contributed by atoms with Crippen LogP contribution >= 0.6 is 0 Å². The molecule has 1 amide bonds. The molecule has 0 aliphatic rings. The number of carbonyl (C=O) groups excluding carboxylic acids is 2. The van der Waals surface area contributed by atoms with Gasteiger partial charge in [-0.05, 0) is 77.3 Å². The van der Waals surface area contributed by atoms with Crippen LogP contribution in [0.15, 0.2) is 42.7 Å². The van der Waals surface area contributed by atoms with E-state index in [9.17, 15) is 9.59 Å². The number of nitrogens with one attached hydrogen (secondary N) is 3. The molecular formula is C31H40N6O4. The Kier molecular flexibility index (Phi) is 9.75. The fraction of sp³-hybridized carbons (Fsp3) is 0.452. The Morgan fingerprint density at radius 2 is 1.78 bits per heavy atom. The normalized spacial score (nSPS) is 12.3. The van der Waals surface area contributed by atoms with Crippen molar-refractivity contribution in [3.05, 3.63) is 59.7 Å². The van der Waals surface area contributed by atoms with Crippen molar-refractivity contribution in [3.8, 4) is 11.5 Å². The summed E-state index contributed by atoms with van der Waals surface area (Å²) in [5.41, 5.74) is 2.48. The largest absolute Gasteiger partial charge is 0.460 e. The zero-order chi connectivity index (χ0) is 29.4. The van der Waals surface area contributed by atoms with Crippen LogP contribution in [0, 0.1) is 6.92 Å². The van der Waals surface area contributed by atoms with Crippen LogP contribution in [0.3, 0.4) is 0 Å². The lowest BCUT2D eigenvalue weighted by Gasteiger charge is -2.20. The van der Waals surface area contributed by atoms with Gasteiger partial charge in [0.15, 0.2) is 5.65 Å². The number of H-pyrrole nitrogens is 2. The molecule has 4 aromatic rings. The number of esters is 1. The summed E-state index contributed by atoms with van der Waals surface area (Å²) in [4.78, 5) is 36.3. The summed E-state index contributed by atoms with van der Waals surface area (Å²) in [6.45, 7) is 9.71. The Morgan fingerprint density at radius 1 is 1.02 bits per heavy atom. The van der Waals surface area contributed by atoms with E-state index >= 15 is 0 Å². The number of pyridine rings is 1. The van der Waals surface area contributed by atoms with E-state index in [0.29, 0.717) is 35.1 Å². The van der Waals surface area contributed by atoms with Gasteiger partial charge >= 0.3 is 5.97 Å². The highest BCUT2D eigenvalue weighted by molar-refractivity contribution is 6.03. The van der Waals surface area contributed by atoms with Crippen molar-refractivity contribution in [2.45, 2.75) is 91.1 Å². The smallest absolute Gasteiger partial charge is 0.306 e. The second kappa shape index (κ2) is 13.4. The van der Waals surface area contributed by atoms with Crippen LogP contribution in [-0.4, -0.2) is 42.6 Å². The molecule has 10 nitrogen and oxygen atoms in total. The number of aromatic nitrogens is 5. The highest BCUT2D eigenvalue weighted by Gasteiger charge is 2.22. The summed E-state index contributed by atoms with van der Waals surface area (Å²) in [5.74, 6) is 1.45. The number of anilines is 1. The molecule has 218 valence electrons. The minimum absolute atomic E-state index is 0.158. The molecule has 3 N–H and O–H groups in total. The standard InChI is InChI=1S/C31H40N6O4/c1-6-7-10-21(11-8-9-12-25(38)41-31(3,4)5)27-26-24(17-18-32-28(26)37-36-27)40-23-15-13-22(14-16-23)29(39)35-30-33-19-20(2)34-30/h13-19,21H,6-12H2,1-5H3,(H,32,36,37)(H2,33,34,35,39). The summed E-state index contributed by atoms with van der Waals surface area (Å²) in [5, 5.41) is 11.3. The maximum Gasteiger partial charge on any atom is 0.306 e. The highest BCUT2D eigenvalue weighted by Crippen LogP contribution is 2.37. The van der Waals surface area contributed by atoms with E-state index in [0.717, 1.165) is 55.3 Å². The molecular weight excluding hydrogens is 520 g/mol. The van der Waals surface area contributed by atoms with Crippen molar-refractivity contribution in [2.75, 3.05) is 5.32 Å². The van der Waals surface area contributed by atoms with Crippen molar-refractivity contribution in [1.29, 1.82) is 0 Å². The predicted octanol–water partition coefficient (Wildman–Crippen LogP) is 7.21. The van der Waals surface area contributed by atoms with Gasteiger partial charge in [-0.15, -0.1) is 0 Å². The first-order valence-electron chi connectivity index (χ1n) is 14.3. The molecule has 0 saturated carbocycles. The van der Waals surface area contributed by atoms with Gasteiger partial charge in [-0.25, -0.2) is 9.97 Å². The quantitative estimate of drug-likeness (QED) is 0.116. The van der Waals surface area contributed by atoms with E-state index in [1.54, 1.807) is 36.7 Å². The third kappa shape index (κ3) is 8.39. The number of carbonyl (C=O) groups is 2. The molecule has 0 bridgehead atoms. The zero-order valence-corrected chi connectivity index (χ0v) is 24.5. The van der Waals surface area contributed by atoms with Gasteiger partial charge < -0.3 is 14.5 Å². The SMILES string of the molecule is CCCCC(CCCCC(=O)OC(C)(C)C)c1[nH]nc2nccc(Oc3ccc(C(=O)Nc4ncc(C)[nH]4)cc3)c12. The van der Waals surface area contributed by atoms with Gasteiger partial charge in [-0.2, -0.15) is 5.10 Å². The fourth-order valence-corrected chi connectivity index (χ4v) is 4.71. The summed E-state index contributed by atoms with van der Waals surface area (Å²) < 4.78 is 11.7. The van der Waals surface area contributed by atoms with E-state index in [-0.39, 0.29) is 17.8 Å². The van der Waals surface area contributed by atoms with Crippen molar-refractivity contribution in [1.82, 2.24) is 25.1 Å². The van der Waals surface area contributed by atoms with Crippen molar-refractivity contribution < 1.29 is 19.1 Å². The van der Waals surface area contributed by atoms with Gasteiger partial charge in [0.2, 0.25) is 5.95 Å².